The van der Waals surface area contributed by atoms with Gasteiger partial charge in [0, 0.05) is 25.6 Å². The fraction of sp³-hybridized carbons (Fsp3) is 0.600. The third-order valence-electron chi connectivity index (χ3n) is 5.19. The third-order valence-corrected chi connectivity index (χ3v) is 5.19. The molecule has 0 N–H and O–H groups in total. The van der Waals surface area contributed by atoms with Crippen molar-refractivity contribution in [2.24, 2.45) is 0 Å². The molecule has 1 aromatic carbocycles. The van der Waals surface area contributed by atoms with Crippen LogP contribution in [0.1, 0.15) is 68.6 Å². The molecule has 1 aliphatic carbocycles. The summed E-state index contributed by atoms with van der Waals surface area (Å²) in [6, 6.07) is 4.43. The quantitative estimate of drug-likeness (QED) is 0.294. The maximum absolute atomic E-state index is 12.5. The van der Waals surface area contributed by atoms with E-state index in [1.165, 1.54) is 43.9 Å². The number of carbonyl (C=O) groups excluding carboxylic acids is 2. The molecule has 1 atom stereocenters. The van der Waals surface area contributed by atoms with E-state index in [2.05, 4.69) is 0 Å². The van der Waals surface area contributed by atoms with Gasteiger partial charge in [0.15, 0.2) is 6.29 Å². The molecule has 1 aromatic rings. The van der Waals surface area contributed by atoms with Gasteiger partial charge >= 0.3 is 0 Å². The van der Waals surface area contributed by atoms with E-state index in [1.807, 2.05) is 18.9 Å². The minimum absolute atomic E-state index is 0.0196. The van der Waals surface area contributed by atoms with Crippen molar-refractivity contribution in [1.29, 1.82) is 0 Å². The highest BCUT2D eigenvalue weighted by Crippen LogP contribution is 2.25. The zero-order valence-corrected chi connectivity index (χ0v) is 16.1. The minimum Gasteiger partial charge on any atom is -0.491 e. The molecule has 7 heteroatoms. The number of nitrogens with zero attached hydrogens (tertiary/aromatic N) is 2. The molecule has 0 heterocycles. The Morgan fingerprint density at radius 3 is 2.59 bits per heavy atom. The summed E-state index contributed by atoms with van der Waals surface area (Å²) in [5.74, 6) is 0.509. The van der Waals surface area contributed by atoms with Crippen LogP contribution >= 0.6 is 0 Å². The molecule has 0 saturated heterocycles. The van der Waals surface area contributed by atoms with Crippen molar-refractivity contribution in [3.63, 3.8) is 0 Å². The lowest BCUT2D eigenvalue weighted by Gasteiger charge is -2.27. The number of rotatable bonds is 8. The fourth-order valence-corrected chi connectivity index (χ4v) is 3.51. The van der Waals surface area contributed by atoms with Crippen LogP contribution in [0.15, 0.2) is 18.2 Å². The topological polar surface area (TPSA) is 89.8 Å². The van der Waals surface area contributed by atoms with E-state index in [4.69, 9.17) is 4.74 Å². The summed E-state index contributed by atoms with van der Waals surface area (Å²) in [5.41, 5.74) is -0.265. The van der Waals surface area contributed by atoms with Crippen molar-refractivity contribution in [3.8, 4) is 5.75 Å². The molecule has 1 amide bonds. The molecule has 0 spiro atoms. The summed E-state index contributed by atoms with van der Waals surface area (Å²) in [5, 5.41) is 10.9. The van der Waals surface area contributed by atoms with Crippen molar-refractivity contribution >= 4 is 17.9 Å². The summed E-state index contributed by atoms with van der Waals surface area (Å²) in [6.45, 7) is 1.85. The van der Waals surface area contributed by atoms with Crippen LogP contribution in [0.25, 0.3) is 0 Å². The van der Waals surface area contributed by atoms with Gasteiger partial charge in [-0.3, -0.25) is 19.7 Å². The van der Waals surface area contributed by atoms with Gasteiger partial charge in [0.25, 0.3) is 5.69 Å². The standard InChI is InChI=1S/C20H28N2O5/c1-15(27-18-10-11-19(22(25)26)16(13-18)14-23)9-12-20(24)21(2)17-7-5-3-4-6-8-17/h10-11,13-15,17H,3-9,12H2,1-2H3. The number of hydrogen-bond acceptors (Lipinski definition) is 5. The number of carbonyl (C=O) groups is 2. The van der Waals surface area contributed by atoms with Crippen LogP contribution in [-0.2, 0) is 4.79 Å². The molecule has 1 fully saturated rings. The zero-order chi connectivity index (χ0) is 19.8. The Balaban J connectivity index is 1.86. The molecule has 1 unspecified atom stereocenters. The maximum Gasteiger partial charge on any atom is 0.280 e. The Morgan fingerprint density at radius 2 is 2.00 bits per heavy atom. The van der Waals surface area contributed by atoms with Gasteiger partial charge in [-0.25, -0.2) is 0 Å². The fourth-order valence-electron chi connectivity index (χ4n) is 3.51. The first-order valence-corrected chi connectivity index (χ1v) is 9.58. The van der Waals surface area contributed by atoms with Crippen molar-refractivity contribution in [1.82, 2.24) is 4.90 Å². The lowest BCUT2D eigenvalue weighted by Crippen LogP contribution is -2.37. The lowest BCUT2D eigenvalue weighted by molar-refractivity contribution is -0.385. The van der Waals surface area contributed by atoms with Crippen LogP contribution in [-0.4, -0.2) is 41.2 Å². The van der Waals surface area contributed by atoms with E-state index in [-0.39, 0.29) is 23.3 Å². The van der Waals surface area contributed by atoms with Crippen LogP contribution in [0, 0.1) is 10.1 Å². The average Bonchev–Trinajstić information content (AvgIpc) is 2.94. The Hall–Kier alpha value is -2.44. The van der Waals surface area contributed by atoms with Crippen molar-refractivity contribution in [2.45, 2.75) is 70.4 Å². The second kappa shape index (κ2) is 10.0. The van der Waals surface area contributed by atoms with Crippen LogP contribution in [0.5, 0.6) is 5.75 Å². The van der Waals surface area contributed by atoms with Crippen LogP contribution < -0.4 is 4.74 Å². The van der Waals surface area contributed by atoms with Gasteiger partial charge in [0.2, 0.25) is 5.91 Å². The van der Waals surface area contributed by atoms with E-state index >= 15 is 0 Å². The molecule has 0 aromatic heterocycles. The molecule has 148 valence electrons. The highest BCUT2D eigenvalue weighted by atomic mass is 16.6. The van der Waals surface area contributed by atoms with Crippen LogP contribution in [0.2, 0.25) is 0 Å². The molecular weight excluding hydrogens is 348 g/mol. The van der Waals surface area contributed by atoms with Gasteiger partial charge < -0.3 is 9.64 Å². The number of nitro groups is 1. The normalized spacial score (nSPS) is 16.2. The predicted octanol–water partition coefficient (Wildman–Crippen LogP) is 4.14. The molecule has 1 saturated carbocycles. The second-order valence-electron chi connectivity index (χ2n) is 7.21. The van der Waals surface area contributed by atoms with E-state index in [0.29, 0.717) is 30.9 Å². The predicted molar refractivity (Wildman–Crippen MR) is 102 cm³/mol. The molecular formula is C20H28N2O5. The van der Waals surface area contributed by atoms with E-state index in [9.17, 15) is 19.7 Å². The highest BCUT2D eigenvalue weighted by Gasteiger charge is 2.22. The summed E-state index contributed by atoms with van der Waals surface area (Å²) >= 11 is 0. The van der Waals surface area contributed by atoms with Crippen LogP contribution in [0.3, 0.4) is 0 Å². The molecule has 1 aliphatic rings. The Kier molecular flexibility index (Phi) is 7.76. The number of aldehydes is 1. The largest absolute Gasteiger partial charge is 0.491 e. The first-order valence-electron chi connectivity index (χ1n) is 9.58. The van der Waals surface area contributed by atoms with Crippen molar-refractivity contribution < 1.29 is 19.2 Å². The van der Waals surface area contributed by atoms with Gasteiger partial charge in [-0.05, 0) is 38.3 Å². The molecule has 27 heavy (non-hydrogen) atoms. The Labute approximate surface area is 159 Å². The molecule has 0 radical (unpaired) electrons. The Bertz CT molecular complexity index is 668. The van der Waals surface area contributed by atoms with Gasteiger partial charge in [0.1, 0.15) is 5.75 Å². The average molecular weight is 376 g/mol. The summed E-state index contributed by atoms with van der Waals surface area (Å²) in [4.78, 5) is 35.7. The minimum atomic E-state index is -0.598. The third kappa shape index (κ3) is 6.05. The molecule has 0 aliphatic heterocycles. The highest BCUT2D eigenvalue weighted by molar-refractivity contribution is 5.82. The lowest BCUT2D eigenvalue weighted by atomic mass is 10.1. The van der Waals surface area contributed by atoms with E-state index < -0.39 is 4.92 Å². The second-order valence-corrected chi connectivity index (χ2v) is 7.21. The Morgan fingerprint density at radius 1 is 1.33 bits per heavy atom. The molecule has 2 rings (SSSR count). The monoisotopic (exact) mass is 376 g/mol. The SMILES string of the molecule is CC(CCC(=O)N(C)C1CCCCCC1)Oc1ccc([N+](=O)[O-])c(C=O)c1. The van der Waals surface area contributed by atoms with E-state index in [1.54, 1.807) is 0 Å². The number of ether oxygens (including phenoxy) is 1. The van der Waals surface area contributed by atoms with Crippen LogP contribution in [0.4, 0.5) is 5.69 Å². The van der Waals surface area contributed by atoms with Crippen molar-refractivity contribution in [2.75, 3.05) is 7.05 Å². The first-order chi connectivity index (χ1) is 12.9. The zero-order valence-electron chi connectivity index (χ0n) is 16.1. The summed E-state index contributed by atoms with van der Waals surface area (Å²) < 4.78 is 5.73. The van der Waals surface area contributed by atoms with Gasteiger partial charge in [-0.2, -0.15) is 0 Å². The van der Waals surface area contributed by atoms with E-state index in [0.717, 1.165) is 12.8 Å². The molecule has 7 nitrogen and oxygen atoms in total. The summed E-state index contributed by atoms with van der Waals surface area (Å²) in [7, 11) is 1.89. The summed E-state index contributed by atoms with van der Waals surface area (Å²) in [6.07, 6.45) is 8.16. The first kappa shape index (κ1) is 20.9. The number of hydrogen-bond donors (Lipinski definition) is 0. The smallest absolute Gasteiger partial charge is 0.280 e. The maximum atomic E-state index is 12.5. The van der Waals surface area contributed by atoms with Gasteiger partial charge in [-0.15, -0.1) is 0 Å². The van der Waals surface area contributed by atoms with Gasteiger partial charge in [-0.1, -0.05) is 25.7 Å². The number of nitro benzene ring substituents is 1. The number of amides is 1. The molecule has 0 bridgehead atoms. The van der Waals surface area contributed by atoms with Gasteiger partial charge in [0.05, 0.1) is 16.6 Å². The number of benzene rings is 1. The van der Waals surface area contributed by atoms with Crippen molar-refractivity contribution in [3.05, 3.63) is 33.9 Å².